The molecule has 0 saturated carbocycles. The third kappa shape index (κ3) is 2.85. The molecule has 1 aromatic heterocycles. The molecule has 0 atom stereocenters. The maximum atomic E-state index is 13.1. The van der Waals surface area contributed by atoms with E-state index in [1.54, 1.807) is 6.92 Å². The van der Waals surface area contributed by atoms with Crippen molar-refractivity contribution in [3.63, 3.8) is 0 Å². The lowest BCUT2D eigenvalue weighted by molar-refractivity contribution is 0.102. The maximum absolute atomic E-state index is 13.1. The molecule has 0 bridgehead atoms. The summed E-state index contributed by atoms with van der Waals surface area (Å²) in [5.74, 6) is -1.88. The number of pyridine rings is 1. The van der Waals surface area contributed by atoms with E-state index in [1.807, 2.05) is 0 Å². The van der Waals surface area contributed by atoms with Crippen LogP contribution in [-0.2, 0) is 0 Å². The Kier molecular flexibility index (Phi) is 3.41. The number of nitrogens with zero attached hydrogens (tertiary/aromatic N) is 1. The molecule has 0 unspecified atom stereocenters. The summed E-state index contributed by atoms with van der Waals surface area (Å²) in [6, 6.07) is 4.96. The van der Waals surface area contributed by atoms with Gasteiger partial charge in [0.25, 0.3) is 5.91 Å². The minimum absolute atomic E-state index is 0.0899. The first-order valence-electron chi connectivity index (χ1n) is 5.46. The van der Waals surface area contributed by atoms with Gasteiger partial charge >= 0.3 is 0 Å². The highest BCUT2D eigenvalue weighted by molar-refractivity contribution is 6.07. The number of carbonyl (C=O) groups excluding carboxylic acids is 1. The molecular weight excluding hydrogens is 252 g/mol. The highest BCUT2D eigenvalue weighted by atomic mass is 19.1. The second kappa shape index (κ2) is 5.01. The molecule has 4 nitrogen and oxygen atoms in total. The van der Waals surface area contributed by atoms with Crippen LogP contribution in [0.15, 0.2) is 30.5 Å². The van der Waals surface area contributed by atoms with Crippen LogP contribution in [-0.4, -0.2) is 10.9 Å². The zero-order valence-electron chi connectivity index (χ0n) is 10.1. The van der Waals surface area contributed by atoms with Crippen LogP contribution in [0.3, 0.4) is 0 Å². The summed E-state index contributed by atoms with van der Waals surface area (Å²) in [7, 11) is 0. The third-order valence-electron chi connectivity index (χ3n) is 2.58. The second-order valence-electron chi connectivity index (χ2n) is 4.00. The van der Waals surface area contributed by atoms with Gasteiger partial charge in [0.15, 0.2) is 0 Å². The Hall–Kier alpha value is -2.50. The topological polar surface area (TPSA) is 68.0 Å². The quantitative estimate of drug-likeness (QED) is 0.874. The molecule has 0 aliphatic rings. The number of benzene rings is 1. The van der Waals surface area contributed by atoms with Crippen molar-refractivity contribution in [2.45, 2.75) is 6.92 Å². The highest BCUT2D eigenvalue weighted by Crippen LogP contribution is 2.18. The van der Waals surface area contributed by atoms with Gasteiger partial charge < -0.3 is 11.1 Å². The molecule has 1 amide bonds. The second-order valence-corrected chi connectivity index (χ2v) is 4.00. The molecule has 2 rings (SSSR count). The van der Waals surface area contributed by atoms with Crippen LogP contribution in [0.2, 0.25) is 0 Å². The summed E-state index contributed by atoms with van der Waals surface area (Å²) >= 11 is 0. The van der Waals surface area contributed by atoms with E-state index in [0.717, 1.165) is 12.3 Å². The van der Waals surface area contributed by atoms with Crippen LogP contribution in [0, 0.1) is 18.6 Å². The van der Waals surface area contributed by atoms with Gasteiger partial charge in [-0.05, 0) is 30.7 Å². The number of nitrogens with one attached hydrogen (secondary N) is 1. The maximum Gasteiger partial charge on any atom is 0.259 e. The van der Waals surface area contributed by atoms with E-state index in [2.05, 4.69) is 10.3 Å². The van der Waals surface area contributed by atoms with Crippen LogP contribution in [0.4, 0.5) is 20.3 Å². The first-order chi connectivity index (χ1) is 8.97. The normalized spacial score (nSPS) is 10.3. The molecule has 0 aliphatic heterocycles. The van der Waals surface area contributed by atoms with Gasteiger partial charge in [0.1, 0.15) is 17.5 Å². The summed E-state index contributed by atoms with van der Waals surface area (Å²) in [5.41, 5.74) is 6.38. The Morgan fingerprint density at radius 2 is 2.00 bits per heavy atom. The summed E-state index contributed by atoms with van der Waals surface area (Å²) in [6.07, 6.45) is 0.916. The summed E-state index contributed by atoms with van der Waals surface area (Å²) < 4.78 is 26.1. The number of aromatic nitrogens is 1. The zero-order chi connectivity index (χ0) is 14.0. The molecule has 1 heterocycles. The number of amides is 1. The van der Waals surface area contributed by atoms with E-state index in [-0.39, 0.29) is 11.4 Å². The molecule has 1 aromatic carbocycles. The van der Waals surface area contributed by atoms with Crippen molar-refractivity contribution in [3.8, 4) is 0 Å². The fraction of sp³-hybridized carbons (Fsp3) is 0.0769. The van der Waals surface area contributed by atoms with E-state index >= 15 is 0 Å². The van der Waals surface area contributed by atoms with Crippen molar-refractivity contribution in [2.75, 3.05) is 11.1 Å². The largest absolute Gasteiger partial charge is 0.383 e. The van der Waals surface area contributed by atoms with E-state index in [1.165, 1.54) is 18.2 Å². The van der Waals surface area contributed by atoms with Gasteiger partial charge in [-0.1, -0.05) is 6.07 Å². The van der Waals surface area contributed by atoms with Crippen LogP contribution in [0.1, 0.15) is 15.9 Å². The standard InChI is InChI=1S/C13H11F2N3O/c1-7-2-3-8(14)5-11(7)18-13(19)10-4-9(15)6-17-12(10)16/h2-6H,1H3,(H2,16,17)(H,18,19). The number of nitrogens with two attached hydrogens (primary N) is 1. The van der Waals surface area contributed by atoms with Gasteiger partial charge in [-0.25, -0.2) is 13.8 Å². The fourth-order valence-corrected chi connectivity index (χ4v) is 1.55. The monoisotopic (exact) mass is 263 g/mol. The Morgan fingerprint density at radius 3 is 2.74 bits per heavy atom. The molecule has 0 radical (unpaired) electrons. The molecule has 2 aromatic rings. The number of nitrogen functional groups attached to an aromatic ring is 1. The Labute approximate surface area is 108 Å². The smallest absolute Gasteiger partial charge is 0.259 e. The molecule has 0 saturated heterocycles. The molecular formula is C13H11F2N3O. The van der Waals surface area contributed by atoms with Gasteiger partial charge in [0.05, 0.1) is 11.8 Å². The van der Waals surface area contributed by atoms with Crippen LogP contribution in [0.25, 0.3) is 0 Å². The number of hydrogen-bond acceptors (Lipinski definition) is 3. The van der Waals surface area contributed by atoms with Crippen LogP contribution in [0.5, 0.6) is 0 Å². The molecule has 6 heteroatoms. The predicted octanol–water partition coefficient (Wildman–Crippen LogP) is 2.50. The van der Waals surface area contributed by atoms with Crippen molar-refractivity contribution < 1.29 is 13.6 Å². The van der Waals surface area contributed by atoms with Gasteiger partial charge in [0.2, 0.25) is 0 Å². The predicted molar refractivity (Wildman–Crippen MR) is 67.7 cm³/mol. The van der Waals surface area contributed by atoms with Crippen molar-refractivity contribution >= 4 is 17.4 Å². The summed E-state index contributed by atoms with van der Waals surface area (Å²) in [4.78, 5) is 15.5. The Morgan fingerprint density at radius 1 is 1.26 bits per heavy atom. The summed E-state index contributed by atoms with van der Waals surface area (Å²) in [5, 5.41) is 2.47. The average molecular weight is 263 g/mol. The lowest BCUT2D eigenvalue weighted by Crippen LogP contribution is -2.16. The molecule has 3 N–H and O–H groups in total. The lowest BCUT2D eigenvalue weighted by atomic mass is 10.1. The van der Waals surface area contributed by atoms with Gasteiger partial charge in [-0.3, -0.25) is 4.79 Å². The third-order valence-corrected chi connectivity index (χ3v) is 2.58. The summed E-state index contributed by atoms with van der Waals surface area (Å²) in [6.45, 7) is 1.71. The lowest BCUT2D eigenvalue weighted by Gasteiger charge is -2.09. The van der Waals surface area contributed by atoms with E-state index in [9.17, 15) is 13.6 Å². The number of carbonyl (C=O) groups is 1. The SMILES string of the molecule is Cc1ccc(F)cc1NC(=O)c1cc(F)cnc1N. The molecule has 98 valence electrons. The zero-order valence-corrected chi connectivity index (χ0v) is 10.1. The number of rotatable bonds is 2. The van der Waals surface area contributed by atoms with E-state index < -0.39 is 17.5 Å². The molecule has 0 spiro atoms. The van der Waals surface area contributed by atoms with Crippen molar-refractivity contribution in [1.29, 1.82) is 0 Å². The Balaban J connectivity index is 2.30. The highest BCUT2D eigenvalue weighted by Gasteiger charge is 2.13. The van der Waals surface area contributed by atoms with Crippen molar-refractivity contribution in [1.82, 2.24) is 4.98 Å². The minimum Gasteiger partial charge on any atom is -0.383 e. The first-order valence-corrected chi connectivity index (χ1v) is 5.46. The van der Waals surface area contributed by atoms with Crippen LogP contribution >= 0.6 is 0 Å². The van der Waals surface area contributed by atoms with Crippen LogP contribution < -0.4 is 11.1 Å². The van der Waals surface area contributed by atoms with Gasteiger partial charge in [-0.15, -0.1) is 0 Å². The number of anilines is 2. The average Bonchev–Trinajstić information content (AvgIpc) is 2.36. The fourth-order valence-electron chi connectivity index (χ4n) is 1.55. The van der Waals surface area contributed by atoms with E-state index in [0.29, 0.717) is 11.3 Å². The van der Waals surface area contributed by atoms with Gasteiger partial charge in [0, 0.05) is 5.69 Å². The number of hydrogen-bond donors (Lipinski definition) is 2. The Bertz CT molecular complexity index is 644. The number of aryl methyl sites for hydroxylation is 1. The first kappa shape index (κ1) is 12.9. The van der Waals surface area contributed by atoms with Crippen molar-refractivity contribution in [2.24, 2.45) is 0 Å². The molecule has 0 fully saturated rings. The van der Waals surface area contributed by atoms with E-state index in [4.69, 9.17) is 5.73 Å². The minimum atomic E-state index is -0.671. The number of halogens is 2. The molecule has 0 aliphatic carbocycles. The molecule has 19 heavy (non-hydrogen) atoms. The van der Waals surface area contributed by atoms with Crippen molar-refractivity contribution in [3.05, 3.63) is 53.2 Å². The van der Waals surface area contributed by atoms with Gasteiger partial charge in [-0.2, -0.15) is 0 Å².